The highest BCUT2D eigenvalue weighted by Crippen LogP contribution is 2.41. The van der Waals surface area contributed by atoms with Gasteiger partial charge in [0, 0.05) is 11.3 Å². The van der Waals surface area contributed by atoms with Gasteiger partial charge in [0.15, 0.2) is 0 Å². The molecule has 1 heterocycles. The minimum Gasteiger partial charge on any atom is -0.348 e. The molecule has 2 unspecified atom stereocenters. The Balaban J connectivity index is 1.78. The van der Waals surface area contributed by atoms with Crippen LogP contribution in [0.25, 0.3) is 0 Å². The molecule has 122 valence electrons. The minimum absolute atomic E-state index is 0.0150. The summed E-state index contributed by atoms with van der Waals surface area (Å²) in [6, 6.07) is 6.38. The molecule has 2 aromatic rings. The predicted molar refractivity (Wildman–Crippen MR) is 86.5 cm³/mol. The molecule has 1 aromatic heterocycles. The number of amides is 1. The Hall–Kier alpha value is -2.17. The van der Waals surface area contributed by atoms with Crippen LogP contribution in [0.1, 0.15) is 54.2 Å². The third-order valence-electron chi connectivity index (χ3n) is 4.63. The quantitative estimate of drug-likeness (QED) is 0.886. The number of aromatic amines is 1. The van der Waals surface area contributed by atoms with Crippen LogP contribution < -0.4 is 5.32 Å². The number of hydrogen-bond acceptors (Lipinski definition) is 2. The first-order valence-corrected chi connectivity index (χ1v) is 8.04. The highest BCUT2D eigenvalue weighted by Gasteiger charge is 2.34. The van der Waals surface area contributed by atoms with Crippen molar-refractivity contribution in [1.82, 2.24) is 15.5 Å². The van der Waals surface area contributed by atoms with Gasteiger partial charge in [-0.25, -0.2) is 4.39 Å². The van der Waals surface area contributed by atoms with Crippen LogP contribution in [0.2, 0.25) is 0 Å². The van der Waals surface area contributed by atoms with E-state index in [9.17, 15) is 9.18 Å². The first-order valence-electron chi connectivity index (χ1n) is 8.04. The maximum Gasteiger partial charge on any atom is 0.227 e. The van der Waals surface area contributed by atoms with E-state index in [4.69, 9.17) is 0 Å². The average molecular weight is 315 g/mol. The zero-order valence-corrected chi connectivity index (χ0v) is 13.7. The van der Waals surface area contributed by atoms with Crippen molar-refractivity contribution in [1.29, 1.82) is 0 Å². The van der Waals surface area contributed by atoms with Crippen molar-refractivity contribution in [2.75, 3.05) is 0 Å². The lowest BCUT2D eigenvalue weighted by Gasteiger charge is -2.21. The highest BCUT2D eigenvalue weighted by molar-refractivity contribution is 5.84. The van der Waals surface area contributed by atoms with Gasteiger partial charge in [-0.3, -0.25) is 9.89 Å². The number of nitrogens with zero attached hydrogens (tertiary/aromatic N) is 1. The molecule has 5 heteroatoms. The van der Waals surface area contributed by atoms with Gasteiger partial charge in [0.1, 0.15) is 5.82 Å². The molecule has 2 N–H and O–H groups in total. The SMILES string of the molecule is Cc1n[nH]c(C)c1C(C)C(=O)NC(c1ccc(F)cc1)C1CC1. The summed E-state index contributed by atoms with van der Waals surface area (Å²) in [6.45, 7) is 5.73. The predicted octanol–water partition coefficient (Wildman–Crippen LogP) is 3.54. The molecule has 0 aliphatic heterocycles. The Bertz CT molecular complexity index is 684. The Morgan fingerprint density at radius 1 is 1.30 bits per heavy atom. The summed E-state index contributed by atoms with van der Waals surface area (Å²) in [6.07, 6.45) is 2.20. The fourth-order valence-electron chi connectivity index (χ4n) is 3.18. The molecule has 2 atom stereocenters. The molecule has 0 bridgehead atoms. The van der Waals surface area contributed by atoms with Gasteiger partial charge in [0.25, 0.3) is 0 Å². The third-order valence-corrected chi connectivity index (χ3v) is 4.63. The normalized spacial score (nSPS) is 16.9. The third kappa shape index (κ3) is 3.28. The zero-order valence-electron chi connectivity index (χ0n) is 13.7. The van der Waals surface area contributed by atoms with Crippen molar-refractivity contribution < 1.29 is 9.18 Å². The number of H-pyrrole nitrogens is 1. The van der Waals surface area contributed by atoms with Gasteiger partial charge in [0.2, 0.25) is 5.91 Å². The lowest BCUT2D eigenvalue weighted by molar-refractivity contribution is -0.123. The van der Waals surface area contributed by atoms with Crippen LogP contribution in [0.15, 0.2) is 24.3 Å². The van der Waals surface area contributed by atoms with Crippen molar-refractivity contribution in [3.8, 4) is 0 Å². The second-order valence-corrected chi connectivity index (χ2v) is 6.44. The number of benzene rings is 1. The molecule has 0 radical (unpaired) electrons. The van der Waals surface area contributed by atoms with Crippen molar-refractivity contribution in [2.24, 2.45) is 5.92 Å². The Morgan fingerprint density at radius 3 is 2.48 bits per heavy atom. The van der Waals surface area contributed by atoms with Gasteiger partial charge in [-0.1, -0.05) is 12.1 Å². The van der Waals surface area contributed by atoms with Gasteiger partial charge in [-0.05, 0) is 57.2 Å². The first-order chi connectivity index (χ1) is 11.0. The zero-order chi connectivity index (χ0) is 16.6. The molecule has 23 heavy (non-hydrogen) atoms. The van der Waals surface area contributed by atoms with E-state index in [0.29, 0.717) is 5.92 Å². The number of nitrogens with one attached hydrogen (secondary N) is 2. The average Bonchev–Trinajstić information content (AvgIpc) is 3.31. The summed E-state index contributed by atoms with van der Waals surface area (Å²) < 4.78 is 13.1. The standard InChI is InChI=1S/C18H22FN3O/c1-10(16-11(2)21-22-12(16)3)18(23)20-17(13-4-5-13)14-6-8-15(19)9-7-14/h6-10,13,17H,4-5H2,1-3H3,(H,20,23)(H,21,22). The fourth-order valence-corrected chi connectivity index (χ4v) is 3.18. The van der Waals surface area contributed by atoms with Crippen molar-refractivity contribution >= 4 is 5.91 Å². The smallest absolute Gasteiger partial charge is 0.227 e. The van der Waals surface area contributed by atoms with Gasteiger partial charge >= 0.3 is 0 Å². The van der Waals surface area contributed by atoms with Gasteiger partial charge in [-0.2, -0.15) is 5.10 Å². The van der Waals surface area contributed by atoms with Crippen molar-refractivity contribution in [3.05, 3.63) is 52.6 Å². The van der Waals surface area contributed by atoms with Gasteiger partial charge in [0.05, 0.1) is 17.7 Å². The summed E-state index contributed by atoms with van der Waals surface area (Å²) in [4.78, 5) is 12.7. The topological polar surface area (TPSA) is 57.8 Å². The molecule has 1 aliphatic rings. The van der Waals surface area contributed by atoms with Crippen LogP contribution in [0.5, 0.6) is 0 Å². The van der Waals surface area contributed by atoms with Gasteiger partial charge < -0.3 is 5.32 Å². The maximum absolute atomic E-state index is 13.1. The molecular weight excluding hydrogens is 293 g/mol. The summed E-state index contributed by atoms with van der Waals surface area (Å²) >= 11 is 0. The van der Waals surface area contributed by atoms with Crippen LogP contribution in [-0.2, 0) is 4.79 Å². The van der Waals surface area contributed by atoms with E-state index >= 15 is 0 Å². The van der Waals surface area contributed by atoms with E-state index in [0.717, 1.165) is 35.4 Å². The number of aryl methyl sites for hydroxylation is 2. The summed E-state index contributed by atoms with van der Waals surface area (Å²) in [5, 5.41) is 10.2. The number of carbonyl (C=O) groups is 1. The Kier molecular flexibility index (Phi) is 4.20. The van der Waals surface area contributed by atoms with Crippen LogP contribution in [-0.4, -0.2) is 16.1 Å². The minimum atomic E-state index is -0.268. The summed E-state index contributed by atoms with van der Waals surface area (Å²) in [7, 11) is 0. The van der Waals surface area contributed by atoms with E-state index in [1.807, 2.05) is 20.8 Å². The molecule has 3 rings (SSSR count). The van der Waals surface area contributed by atoms with E-state index in [2.05, 4.69) is 15.5 Å². The molecule has 1 saturated carbocycles. The van der Waals surface area contributed by atoms with Crippen LogP contribution in [0.4, 0.5) is 4.39 Å². The number of halogens is 1. The second-order valence-electron chi connectivity index (χ2n) is 6.44. The lowest BCUT2D eigenvalue weighted by Crippen LogP contribution is -2.33. The largest absolute Gasteiger partial charge is 0.348 e. The highest BCUT2D eigenvalue weighted by atomic mass is 19.1. The molecule has 0 spiro atoms. The maximum atomic E-state index is 13.1. The van der Waals surface area contributed by atoms with Crippen molar-refractivity contribution in [2.45, 2.75) is 45.6 Å². The molecule has 1 aliphatic carbocycles. The summed E-state index contributed by atoms with van der Waals surface area (Å²) in [5.41, 5.74) is 3.70. The Labute approximate surface area is 135 Å². The lowest BCUT2D eigenvalue weighted by atomic mass is 9.96. The van der Waals surface area contributed by atoms with E-state index in [1.165, 1.54) is 12.1 Å². The number of rotatable bonds is 5. The van der Waals surface area contributed by atoms with Gasteiger partial charge in [-0.15, -0.1) is 0 Å². The number of aromatic nitrogens is 2. The molecular formula is C18H22FN3O. The first kappa shape index (κ1) is 15.7. The molecule has 0 saturated heterocycles. The molecule has 1 fully saturated rings. The molecule has 1 aromatic carbocycles. The van der Waals surface area contributed by atoms with E-state index in [1.54, 1.807) is 12.1 Å². The van der Waals surface area contributed by atoms with Crippen molar-refractivity contribution in [3.63, 3.8) is 0 Å². The Morgan fingerprint density at radius 2 is 1.96 bits per heavy atom. The van der Waals surface area contributed by atoms with Crippen LogP contribution in [0.3, 0.4) is 0 Å². The summed E-state index contributed by atoms with van der Waals surface area (Å²) in [5.74, 6) is -0.0925. The van der Waals surface area contributed by atoms with Crippen LogP contribution in [0, 0.1) is 25.6 Å². The monoisotopic (exact) mass is 315 g/mol. The number of carbonyl (C=O) groups excluding carboxylic acids is 1. The van der Waals surface area contributed by atoms with E-state index in [-0.39, 0.29) is 23.7 Å². The molecule has 1 amide bonds. The fraction of sp³-hybridized carbons (Fsp3) is 0.444. The van der Waals surface area contributed by atoms with E-state index < -0.39 is 0 Å². The number of hydrogen-bond donors (Lipinski definition) is 2. The van der Waals surface area contributed by atoms with Crippen LogP contribution >= 0.6 is 0 Å². The second kappa shape index (κ2) is 6.14. The molecule has 4 nitrogen and oxygen atoms in total.